The average molecular weight is 269 g/mol. The zero-order valence-electron chi connectivity index (χ0n) is 11.9. The largest absolute Gasteiger partial charge is 0.441 e. The van der Waals surface area contributed by atoms with Crippen LogP contribution in [0.25, 0.3) is 11.1 Å². The fourth-order valence-corrected chi connectivity index (χ4v) is 2.23. The Balaban J connectivity index is 1.73. The van der Waals surface area contributed by atoms with Crippen LogP contribution in [0.3, 0.4) is 0 Å². The van der Waals surface area contributed by atoms with Gasteiger partial charge in [-0.1, -0.05) is 6.92 Å². The highest BCUT2D eigenvalue weighted by Crippen LogP contribution is 2.20. The second kappa shape index (κ2) is 5.41. The smallest absolute Gasteiger partial charge is 0.195 e. The second-order valence-electron chi connectivity index (χ2n) is 4.85. The number of hydrogen-bond donors (Lipinski definition) is 1. The van der Waals surface area contributed by atoms with Gasteiger partial charge in [0, 0.05) is 37.6 Å². The van der Waals surface area contributed by atoms with Gasteiger partial charge in [0.2, 0.25) is 0 Å². The molecule has 20 heavy (non-hydrogen) atoms. The zero-order valence-corrected chi connectivity index (χ0v) is 11.9. The number of nitrogens with zero attached hydrogens (tertiary/aromatic N) is 2. The van der Waals surface area contributed by atoms with E-state index in [0.717, 1.165) is 42.2 Å². The van der Waals surface area contributed by atoms with E-state index in [2.05, 4.69) is 40.3 Å². The summed E-state index contributed by atoms with van der Waals surface area (Å²) in [4.78, 5) is 4.45. The number of fused-ring (bicyclic) bond motifs is 1. The minimum atomic E-state index is 0.789. The molecule has 4 nitrogen and oxygen atoms in total. The molecule has 0 amide bonds. The maximum Gasteiger partial charge on any atom is 0.195 e. The molecule has 2 heterocycles. The van der Waals surface area contributed by atoms with Gasteiger partial charge in [0.1, 0.15) is 5.52 Å². The third-order valence-electron chi connectivity index (χ3n) is 3.41. The molecule has 0 aliphatic rings. The van der Waals surface area contributed by atoms with E-state index in [1.807, 2.05) is 25.1 Å². The molecule has 0 radical (unpaired) electrons. The van der Waals surface area contributed by atoms with E-state index < -0.39 is 0 Å². The lowest BCUT2D eigenvalue weighted by molar-refractivity contribution is 0.538. The van der Waals surface area contributed by atoms with E-state index in [0.29, 0.717) is 0 Å². The summed E-state index contributed by atoms with van der Waals surface area (Å²) in [5.41, 5.74) is 4.11. The van der Waals surface area contributed by atoms with Crippen molar-refractivity contribution in [3.63, 3.8) is 0 Å². The summed E-state index contributed by atoms with van der Waals surface area (Å²) in [6, 6.07) is 8.18. The van der Waals surface area contributed by atoms with Crippen LogP contribution in [0.15, 0.2) is 41.1 Å². The van der Waals surface area contributed by atoms with Gasteiger partial charge in [-0.25, -0.2) is 4.98 Å². The van der Waals surface area contributed by atoms with Crippen molar-refractivity contribution in [1.29, 1.82) is 0 Å². The summed E-state index contributed by atoms with van der Waals surface area (Å²) in [6.45, 7) is 6.00. The van der Waals surface area contributed by atoms with Crippen LogP contribution in [-0.2, 0) is 19.5 Å². The van der Waals surface area contributed by atoms with Crippen molar-refractivity contribution in [3.05, 3.63) is 48.1 Å². The Hall–Kier alpha value is -2.23. The van der Waals surface area contributed by atoms with E-state index >= 15 is 0 Å². The van der Waals surface area contributed by atoms with Crippen molar-refractivity contribution in [2.24, 2.45) is 0 Å². The Labute approximate surface area is 118 Å². The van der Waals surface area contributed by atoms with Gasteiger partial charge in [-0.3, -0.25) is 0 Å². The summed E-state index contributed by atoms with van der Waals surface area (Å²) in [7, 11) is 0. The molecule has 1 aromatic carbocycles. The first kappa shape index (κ1) is 12.8. The van der Waals surface area contributed by atoms with Gasteiger partial charge >= 0.3 is 0 Å². The van der Waals surface area contributed by atoms with Gasteiger partial charge in [-0.2, -0.15) is 0 Å². The van der Waals surface area contributed by atoms with E-state index in [9.17, 15) is 0 Å². The van der Waals surface area contributed by atoms with Crippen molar-refractivity contribution in [2.45, 2.75) is 33.4 Å². The van der Waals surface area contributed by atoms with Crippen LogP contribution < -0.4 is 5.32 Å². The molecule has 0 atom stereocenters. The molecule has 104 valence electrons. The molecule has 0 bridgehead atoms. The predicted molar refractivity (Wildman–Crippen MR) is 80.8 cm³/mol. The summed E-state index contributed by atoms with van der Waals surface area (Å²) in [5, 5.41) is 3.42. The van der Waals surface area contributed by atoms with Crippen molar-refractivity contribution in [1.82, 2.24) is 9.55 Å². The normalized spacial score (nSPS) is 11.1. The second-order valence-corrected chi connectivity index (χ2v) is 4.85. The average Bonchev–Trinajstić information content (AvgIpc) is 3.10. The van der Waals surface area contributed by atoms with Gasteiger partial charge in [-0.05, 0) is 36.8 Å². The Morgan fingerprint density at radius 3 is 2.90 bits per heavy atom. The number of aromatic nitrogens is 2. The number of oxazole rings is 1. The highest BCUT2D eigenvalue weighted by atomic mass is 16.3. The summed E-state index contributed by atoms with van der Waals surface area (Å²) < 4.78 is 7.78. The lowest BCUT2D eigenvalue weighted by atomic mass is 10.2. The fourth-order valence-electron chi connectivity index (χ4n) is 2.23. The topological polar surface area (TPSA) is 43.0 Å². The van der Waals surface area contributed by atoms with E-state index in [4.69, 9.17) is 4.42 Å². The highest BCUT2D eigenvalue weighted by molar-refractivity contribution is 5.77. The molecule has 0 saturated carbocycles. The Kier molecular flexibility index (Phi) is 3.46. The van der Waals surface area contributed by atoms with Crippen molar-refractivity contribution in [3.8, 4) is 0 Å². The quantitative estimate of drug-likeness (QED) is 0.765. The number of hydrogen-bond acceptors (Lipinski definition) is 3. The highest BCUT2D eigenvalue weighted by Gasteiger charge is 2.05. The van der Waals surface area contributed by atoms with Gasteiger partial charge in [0.15, 0.2) is 11.5 Å². The van der Waals surface area contributed by atoms with Crippen LogP contribution in [0.2, 0.25) is 0 Å². The summed E-state index contributed by atoms with van der Waals surface area (Å²) >= 11 is 0. The zero-order chi connectivity index (χ0) is 13.9. The molecular formula is C16H19N3O. The minimum Gasteiger partial charge on any atom is -0.441 e. The molecule has 4 heteroatoms. The molecule has 3 aromatic rings. The predicted octanol–water partition coefficient (Wildman–Crippen LogP) is 3.82. The number of benzene rings is 1. The SMILES string of the molecule is CCc1nc2cc(NCc3ccn(CC)c3)ccc2o1. The van der Waals surface area contributed by atoms with Crippen LogP contribution >= 0.6 is 0 Å². The van der Waals surface area contributed by atoms with Crippen LogP contribution in [0.1, 0.15) is 25.3 Å². The van der Waals surface area contributed by atoms with Crippen molar-refractivity contribution < 1.29 is 4.42 Å². The van der Waals surface area contributed by atoms with Crippen molar-refractivity contribution >= 4 is 16.8 Å². The van der Waals surface area contributed by atoms with Crippen LogP contribution in [0, 0.1) is 0 Å². The number of anilines is 1. The molecule has 0 unspecified atom stereocenters. The molecule has 0 fully saturated rings. The van der Waals surface area contributed by atoms with E-state index in [1.165, 1.54) is 5.56 Å². The third kappa shape index (κ3) is 2.54. The molecular weight excluding hydrogens is 250 g/mol. The van der Waals surface area contributed by atoms with Crippen molar-refractivity contribution in [2.75, 3.05) is 5.32 Å². The summed E-state index contributed by atoms with van der Waals surface area (Å²) in [5.74, 6) is 0.789. The minimum absolute atomic E-state index is 0.789. The van der Waals surface area contributed by atoms with Crippen LogP contribution in [0.5, 0.6) is 0 Å². The molecule has 2 aromatic heterocycles. The maximum atomic E-state index is 5.61. The van der Waals surface area contributed by atoms with Gasteiger partial charge in [0.05, 0.1) is 0 Å². The van der Waals surface area contributed by atoms with E-state index in [1.54, 1.807) is 0 Å². The van der Waals surface area contributed by atoms with Gasteiger partial charge in [0.25, 0.3) is 0 Å². The van der Waals surface area contributed by atoms with Crippen LogP contribution in [0.4, 0.5) is 5.69 Å². The Morgan fingerprint density at radius 2 is 2.15 bits per heavy atom. The van der Waals surface area contributed by atoms with Gasteiger partial charge in [-0.15, -0.1) is 0 Å². The standard InChI is InChI=1S/C16H19N3O/c1-3-16-18-14-9-13(5-6-15(14)20-16)17-10-12-7-8-19(4-2)11-12/h5-9,11,17H,3-4,10H2,1-2H3. The molecule has 1 N–H and O–H groups in total. The van der Waals surface area contributed by atoms with Crippen LogP contribution in [-0.4, -0.2) is 9.55 Å². The Morgan fingerprint density at radius 1 is 1.25 bits per heavy atom. The Bertz CT molecular complexity index is 711. The lowest BCUT2D eigenvalue weighted by Crippen LogP contribution is -1.98. The molecule has 0 saturated heterocycles. The molecule has 0 aliphatic carbocycles. The first-order valence-electron chi connectivity index (χ1n) is 7.06. The first-order valence-corrected chi connectivity index (χ1v) is 7.06. The fraction of sp³-hybridized carbons (Fsp3) is 0.312. The molecule has 0 aliphatic heterocycles. The lowest BCUT2D eigenvalue weighted by Gasteiger charge is -2.04. The number of rotatable bonds is 5. The first-order chi connectivity index (χ1) is 9.78. The van der Waals surface area contributed by atoms with E-state index in [-0.39, 0.29) is 0 Å². The molecule has 0 spiro atoms. The molecule has 3 rings (SSSR count). The summed E-state index contributed by atoms with van der Waals surface area (Å²) in [6.07, 6.45) is 5.09. The maximum absolute atomic E-state index is 5.61. The monoisotopic (exact) mass is 269 g/mol. The third-order valence-corrected chi connectivity index (χ3v) is 3.41. The number of aryl methyl sites for hydroxylation is 2. The number of nitrogens with one attached hydrogen (secondary N) is 1. The van der Waals surface area contributed by atoms with Gasteiger partial charge < -0.3 is 14.3 Å².